The van der Waals surface area contributed by atoms with E-state index < -0.39 is 0 Å². The first-order valence-corrected chi connectivity index (χ1v) is 7.68. The van der Waals surface area contributed by atoms with Crippen LogP contribution in [-0.4, -0.2) is 31.4 Å². The van der Waals surface area contributed by atoms with Crippen LogP contribution in [0.5, 0.6) is 0 Å². The highest BCUT2D eigenvalue weighted by molar-refractivity contribution is 8.01. The van der Waals surface area contributed by atoms with Gasteiger partial charge in [0.15, 0.2) is 4.34 Å². The summed E-state index contributed by atoms with van der Waals surface area (Å²) in [5.74, 6) is 0.344. The molecular formula is C11H15N5OS2. The molecule has 102 valence electrons. The van der Waals surface area contributed by atoms with E-state index in [0.717, 1.165) is 21.6 Å². The Labute approximate surface area is 119 Å². The van der Waals surface area contributed by atoms with Crippen molar-refractivity contribution in [3.05, 3.63) is 23.2 Å². The van der Waals surface area contributed by atoms with Gasteiger partial charge in [-0.1, -0.05) is 23.1 Å². The maximum Gasteiger partial charge on any atom is 0.230 e. The third-order valence-electron chi connectivity index (χ3n) is 2.44. The van der Waals surface area contributed by atoms with Crippen molar-refractivity contribution in [2.24, 2.45) is 0 Å². The minimum Gasteiger partial charge on any atom is -0.350 e. The number of amides is 1. The molecule has 0 aliphatic heterocycles. The normalized spacial score (nSPS) is 10.6. The third kappa shape index (κ3) is 4.03. The van der Waals surface area contributed by atoms with Crippen LogP contribution in [0.4, 0.5) is 0 Å². The lowest BCUT2D eigenvalue weighted by Crippen LogP contribution is -2.25. The van der Waals surface area contributed by atoms with Gasteiger partial charge in [0.2, 0.25) is 5.91 Å². The van der Waals surface area contributed by atoms with Gasteiger partial charge in [0, 0.05) is 12.7 Å². The first-order chi connectivity index (χ1) is 9.19. The highest BCUT2D eigenvalue weighted by Gasteiger charge is 2.07. The lowest BCUT2D eigenvalue weighted by molar-refractivity contribution is -0.118. The zero-order valence-corrected chi connectivity index (χ0v) is 12.4. The first kappa shape index (κ1) is 14.0. The summed E-state index contributed by atoms with van der Waals surface area (Å²) in [6, 6.07) is 0. The zero-order chi connectivity index (χ0) is 13.7. The summed E-state index contributed by atoms with van der Waals surface area (Å²) >= 11 is 2.91. The molecule has 2 heterocycles. The lowest BCUT2D eigenvalue weighted by Gasteiger charge is -2.06. The van der Waals surface area contributed by atoms with Crippen LogP contribution in [0.2, 0.25) is 0 Å². The smallest absolute Gasteiger partial charge is 0.230 e. The monoisotopic (exact) mass is 297 g/mol. The average Bonchev–Trinajstić information content (AvgIpc) is 3.02. The van der Waals surface area contributed by atoms with Gasteiger partial charge in [-0.3, -0.25) is 4.79 Å². The molecule has 2 rings (SSSR count). The van der Waals surface area contributed by atoms with Crippen LogP contribution >= 0.6 is 23.1 Å². The van der Waals surface area contributed by atoms with Gasteiger partial charge in [0.1, 0.15) is 5.01 Å². The second kappa shape index (κ2) is 6.67. The third-order valence-corrected chi connectivity index (χ3v) is 4.41. The van der Waals surface area contributed by atoms with Gasteiger partial charge in [-0.25, -0.2) is 4.98 Å². The first-order valence-electron chi connectivity index (χ1n) is 5.87. The summed E-state index contributed by atoms with van der Waals surface area (Å²) < 4.78 is 2.83. The Morgan fingerprint density at radius 2 is 2.37 bits per heavy atom. The standard InChI is InChI=1S/C11H15N5OS2/c1-3-16-7-12-4-9(16)5-13-10(17)6-18-11-15-14-8(2)19-11/h4,7H,3,5-6H2,1-2H3,(H,13,17). The minimum absolute atomic E-state index is 0.0123. The highest BCUT2D eigenvalue weighted by Crippen LogP contribution is 2.21. The molecule has 6 nitrogen and oxygen atoms in total. The molecular weight excluding hydrogens is 282 g/mol. The summed E-state index contributed by atoms with van der Waals surface area (Å²) in [5, 5.41) is 11.7. The summed E-state index contributed by atoms with van der Waals surface area (Å²) in [6.07, 6.45) is 3.53. The number of thioether (sulfide) groups is 1. The Hall–Kier alpha value is -1.41. The molecule has 8 heteroatoms. The maximum atomic E-state index is 11.7. The van der Waals surface area contributed by atoms with E-state index in [1.54, 1.807) is 12.5 Å². The number of carbonyl (C=O) groups excluding carboxylic acids is 1. The topological polar surface area (TPSA) is 72.7 Å². The Morgan fingerprint density at radius 1 is 1.53 bits per heavy atom. The molecule has 0 aromatic carbocycles. The maximum absolute atomic E-state index is 11.7. The van der Waals surface area contributed by atoms with Crippen LogP contribution in [0.1, 0.15) is 17.6 Å². The van der Waals surface area contributed by atoms with Crippen molar-refractivity contribution in [3.8, 4) is 0 Å². The van der Waals surface area contributed by atoms with E-state index in [2.05, 4.69) is 20.5 Å². The lowest BCUT2D eigenvalue weighted by atomic mass is 10.4. The molecule has 0 aliphatic rings. The van der Waals surface area contributed by atoms with Gasteiger partial charge in [0.05, 0.1) is 24.3 Å². The molecule has 1 N–H and O–H groups in total. The van der Waals surface area contributed by atoms with E-state index in [0.29, 0.717) is 12.3 Å². The molecule has 0 atom stereocenters. The van der Waals surface area contributed by atoms with Crippen LogP contribution in [-0.2, 0) is 17.9 Å². The minimum atomic E-state index is -0.0123. The molecule has 0 unspecified atom stereocenters. The summed E-state index contributed by atoms with van der Waals surface area (Å²) in [4.78, 5) is 15.8. The number of nitrogens with one attached hydrogen (secondary N) is 1. The molecule has 0 spiro atoms. The predicted octanol–water partition coefficient (Wildman–Crippen LogP) is 1.47. The molecule has 0 radical (unpaired) electrons. The number of rotatable bonds is 6. The van der Waals surface area contributed by atoms with Crippen molar-refractivity contribution in [3.63, 3.8) is 0 Å². The largest absolute Gasteiger partial charge is 0.350 e. The molecule has 0 bridgehead atoms. The van der Waals surface area contributed by atoms with E-state index in [1.807, 2.05) is 18.4 Å². The number of nitrogens with zero attached hydrogens (tertiary/aromatic N) is 4. The van der Waals surface area contributed by atoms with E-state index in [4.69, 9.17) is 0 Å². The van der Waals surface area contributed by atoms with Crippen molar-refractivity contribution < 1.29 is 4.79 Å². The molecule has 19 heavy (non-hydrogen) atoms. The fourth-order valence-corrected chi connectivity index (χ4v) is 3.13. The Balaban J connectivity index is 1.76. The molecule has 0 saturated carbocycles. The number of hydrogen-bond acceptors (Lipinski definition) is 6. The highest BCUT2D eigenvalue weighted by atomic mass is 32.2. The molecule has 0 aliphatic carbocycles. The van der Waals surface area contributed by atoms with Crippen molar-refractivity contribution >= 4 is 29.0 Å². The van der Waals surface area contributed by atoms with Gasteiger partial charge in [-0.05, 0) is 13.8 Å². The Morgan fingerprint density at radius 3 is 3.05 bits per heavy atom. The fourth-order valence-electron chi connectivity index (χ4n) is 1.48. The van der Waals surface area contributed by atoms with E-state index in [1.165, 1.54) is 23.1 Å². The fraction of sp³-hybridized carbons (Fsp3) is 0.455. The van der Waals surface area contributed by atoms with E-state index >= 15 is 0 Å². The predicted molar refractivity (Wildman–Crippen MR) is 75.1 cm³/mol. The van der Waals surface area contributed by atoms with Crippen molar-refractivity contribution in [1.29, 1.82) is 0 Å². The van der Waals surface area contributed by atoms with Crippen LogP contribution in [0.3, 0.4) is 0 Å². The van der Waals surface area contributed by atoms with E-state index in [9.17, 15) is 4.79 Å². The zero-order valence-electron chi connectivity index (χ0n) is 10.8. The second-order valence-electron chi connectivity index (χ2n) is 3.82. The second-order valence-corrected chi connectivity index (χ2v) is 6.23. The van der Waals surface area contributed by atoms with Crippen LogP contribution in [0, 0.1) is 6.92 Å². The number of aryl methyl sites for hydroxylation is 2. The summed E-state index contributed by atoms with van der Waals surface area (Å²) in [6.45, 7) is 5.29. The van der Waals surface area contributed by atoms with Gasteiger partial charge in [-0.15, -0.1) is 10.2 Å². The Kier molecular flexibility index (Phi) is 4.92. The van der Waals surface area contributed by atoms with Gasteiger partial charge < -0.3 is 9.88 Å². The number of imidazole rings is 1. The summed E-state index contributed by atoms with van der Waals surface area (Å²) in [5.41, 5.74) is 1.01. The van der Waals surface area contributed by atoms with Crippen molar-refractivity contribution in [2.75, 3.05) is 5.75 Å². The molecule has 1 amide bonds. The molecule has 0 fully saturated rings. The number of carbonyl (C=O) groups is 1. The van der Waals surface area contributed by atoms with Crippen LogP contribution in [0.25, 0.3) is 0 Å². The van der Waals surface area contributed by atoms with Crippen LogP contribution in [0.15, 0.2) is 16.9 Å². The van der Waals surface area contributed by atoms with Crippen molar-refractivity contribution in [2.45, 2.75) is 31.3 Å². The number of hydrogen-bond donors (Lipinski definition) is 1. The van der Waals surface area contributed by atoms with Crippen LogP contribution < -0.4 is 5.32 Å². The molecule has 2 aromatic rings. The van der Waals surface area contributed by atoms with Crippen molar-refractivity contribution in [1.82, 2.24) is 25.1 Å². The number of aromatic nitrogens is 4. The molecule has 2 aromatic heterocycles. The van der Waals surface area contributed by atoms with Gasteiger partial charge >= 0.3 is 0 Å². The quantitative estimate of drug-likeness (QED) is 0.817. The van der Waals surface area contributed by atoms with Gasteiger partial charge in [-0.2, -0.15) is 0 Å². The molecule has 0 saturated heterocycles. The Bertz CT molecular complexity index is 551. The van der Waals surface area contributed by atoms with Gasteiger partial charge in [0.25, 0.3) is 0 Å². The van der Waals surface area contributed by atoms with E-state index in [-0.39, 0.29) is 5.91 Å². The SMILES string of the molecule is CCn1cncc1CNC(=O)CSc1nnc(C)s1. The average molecular weight is 297 g/mol. The summed E-state index contributed by atoms with van der Waals surface area (Å²) in [7, 11) is 0.